The minimum atomic E-state index is 0.0579. The van der Waals surface area contributed by atoms with Crippen LogP contribution in [0.2, 0.25) is 0 Å². The summed E-state index contributed by atoms with van der Waals surface area (Å²) in [5, 5.41) is 4.20. The number of H-pyrrole nitrogens is 1. The molecule has 2 aromatic carbocycles. The average Bonchev–Trinajstić information content (AvgIpc) is 2.93. The van der Waals surface area contributed by atoms with Crippen molar-refractivity contribution >= 4 is 16.8 Å². The summed E-state index contributed by atoms with van der Waals surface area (Å²) in [5.74, 6) is 0.879. The van der Waals surface area contributed by atoms with E-state index in [1.165, 1.54) is 5.39 Å². The number of hydrogen-bond acceptors (Lipinski definition) is 2. The lowest BCUT2D eigenvalue weighted by atomic mass is 10.1. The highest BCUT2D eigenvalue weighted by Gasteiger charge is 2.09. The third kappa shape index (κ3) is 3.59. The largest absolute Gasteiger partial charge is 0.497 e. The minimum Gasteiger partial charge on any atom is -0.497 e. The van der Waals surface area contributed by atoms with Gasteiger partial charge in [-0.2, -0.15) is 0 Å². The summed E-state index contributed by atoms with van der Waals surface area (Å²) in [5.41, 5.74) is 4.47. The molecule has 1 amide bonds. The maximum atomic E-state index is 12.2. The molecular formula is C20H22N2O2. The molecule has 0 saturated carbocycles. The third-order valence-electron chi connectivity index (χ3n) is 4.26. The highest BCUT2D eigenvalue weighted by Crippen LogP contribution is 2.21. The molecule has 0 saturated heterocycles. The molecule has 2 N–H and O–H groups in total. The zero-order chi connectivity index (χ0) is 16.9. The van der Waals surface area contributed by atoms with Crippen molar-refractivity contribution in [2.45, 2.75) is 26.3 Å². The topological polar surface area (TPSA) is 54.1 Å². The number of amides is 1. The van der Waals surface area contributed by atoms with Crippen LogP contribution < -0.4 is 10.1 Å². The Bertz CT molecular complexity index is 852. The Hall–Kier alpha value is -2.75. The maximum absolute atomic E-state index is 12.2. The molecule has 0 atom stereocenters. The van der Waals surface area contributed by atoms with Gasteiger partial charge < -0.3 is 15.0 Å². The first-order chi connectivity index (χ1) is 11.7. The van der Waals surface area contributed by atoms with E-state index in [-0.39, 0.29) is 5.91 Å². The first kappa shape index (κ1) is 16.1. The zero-order valence-corrected chi connectivity index (χ0v) is 14.1. The van der Waals surface area contributed by atoms with Crippen LogP contribution in [0.3, 0.4) is 0 Å². The molecule has 3 rings (SSSR count). The molecular weight excluding hydrogens is 300 g/mol. The summed E-state index contributed by atoms with van der Waals surface area (Å²) < 4.78 is 5.21. The summed E-state index contributed by atoms with van der Waals surface area (Å²) in [6.45, 7) is 2.59. The summed E-state index contributed by atoms with van der Waals surface area (Å²) >= 11 is 0. The Labute approximate surface area is 141 Å². The van der Waals surface area contributed by atoms with Gasteiger partial charge in [-0.1, -0.05) is 30.3 Å². The monoisotopic (exact) mass is 322 g/mol. The number of aryl methyl sites for hydroxylation is 2. The molecule has 0 spiro atoms. The van der Waals surface area contributed by atoms with Gasteiger partial charge in [-0.3, -0.25) is 4.79 Å². The van der Waals surface area contributed by atoms with Crippen LogP contribution in [0.5, 0.6) is 5.75 Å². The van der Waals surface area contributed by atoms with Gasteiger partial charge in [0.2, 0.25) is 5.91 Å². The van der Waals surface area contributed by atoms with Gasteiger partial charge in [0.15, 0.2) is 0 Å². The van der Waals surface area contributed by atoms with E-state index < -0.39 is 0 Å². The first-order valence-corrected chi connectivity index (χ1v) is 8.13. The van der Waals surface area contributed by atoms with Gasteiger partial charge in [0.25, 0.3) is 0 Å². The van der Waals surface area contributed by atoms with Crippen molar-refractivity contribution in [2.75, 3.05) is 7.11 Å². The predicted octanol–water partition coefficient (Wildman–Crippen LogP) is 3.73. The smallest absolute Gasteiger partial charge is 0.220 e. The lowest BCUT2D eigenvalue weighted by molar-refractivity contribution is -0.121. The fourth-order valence-corrected chi connectivity index (χ4v) is 2.92. The molecule has 0 fully saturated rings. The molecule has 0 aliphatic heterocycles. The Morgan fingerprint density at radius 2 is 2.00 bits per heavy atom. The molecule has 124 valence electrons. The van der Waals surface area contributed by atoms with Gasteiger partial charge in [-0.05, 0) is 42.7 Å². The number of ether oxygens (including phenoxy) is 1. The number of hydrogen-bond donors (Lipinski definition) is 2. The summed E-state index contributed by atoms with van der Waals surface area (Å²) in [6.07, 6.45) is 1.17. The van der Waals surface area contributed by atoms with E-state index in [2.05, 4.69) is 22.4 Å². The second-order valence-corrected chi connectivity index (χ2v) is 5.90. The van der Waals surface area contributed by atoms with Crippen LogP contribution in [0.15, 0.2) is 48.5 Å². The summed E-state index contributed by atoms with van der Waals surface area (Å²) in [6, 6.07) is 16.0. The fourth-order valence-electron chi connectivity index (χ4n) is 2.92. The van der Waals surface area contributed by atoms with Crippen molar-refractivity contribution in [2.24, 2.45) is 0 Å². The van der Waals surface area contributed by atoms with Gasteiger partial charge in [-0.15, -0.1) is 0 Å². The standard InChI is InChI=1S/C20H22N2O2/c1-14-18(17-8-3-4-9-19(17)22-14)13-21-20(23)11-10-15-6-5-7-16(12-15)24-2/h3-9,12,22H,10-11,13H2,1-2H3,(H,21,23). The van der Waals surface area contributed by atoms with Crippen molar-refractivity contribution in [3.63, 3.8) is 0 Å². The molecule has 1 heterocycles. The third-order valence-corrected chi connectivity index (χ3v) is 4.26. The molecule has 1 aromatic heterocycles. The van der Waals surface area contributed by atoms with E-state index in [9.17, 15) is 4.79 Å². The van der Waals surface area contributed by atoms with Crippen LogP contribution in [0.25, 0.3) is 10.9 Å². The Morgan fingerprint density at radius 1 is 1.17 bits per heavy atom. The van der Waals surface area contributed by atoms with E-state index in [1.54, 1.807) is 7.11 Å². The summed E-state index contributed by atoms with van der Waals surface area (Å²) in [4.78, 5) is 15.5. The predicted molar refractivity (Wildman–Crippen MR) is 96.2 cm³/mol. The molecule has 0 aliphatic rings. The summed E-state index contributed by atoms with van der Waals surface area (Å²) in [7, 11) is 1.65. The highest BCUT2D eigenvalue weighted by atomic mass is 16.5. The Kier molecular flexibility index (Phi) is 4.85. The SMILES string of the molecule is COc1cccc(CCC(=O)NCc2c(C)[nH]c3ccccc23)c1. The van der Waals surface area contributed by atoms with Crippen LogP contribution in [-0.4, -0.2) is 18.0 Å². The average molecular weight is 322 g/mol. The number of aromatic nitrogens is 1. The molecule has 0 aliphatic carbocycles. The number of benzene rings is 2. The molecule has 4 nitrogen and oxygen atoms in total. The number of aromatic amines is 1. The van der Waals surface area contributed by atoms with Gasteiger partial charge >= 0.3 is 0 Å². The number of fused-ring (bicyclic) bond motifs is 1. The van der Waals surface area contributed by atoms with Gasteiger partial charge in [0, 0.05) is 29.6 Å². The molecule has 0 unspecified atom stereocenters. The number of carbonyl (C=O) groups is 1. The lowest BCUT2D eigenvalue weighted by Crippen LogP contribution is -2.23. The first-order valence-electron chi connectivity index (χ1n) is 8.13. The maximum Gasteiger partial charge on any atom is 0.220 e. The van der Waals surface area contributed by atoms with Crippen molar-refractivity contribution in [3.05, 3.63) is 65.4 Å². The highest BCUT2D eigenvalue weighted by molar-refractivity contribution is 5.85. The second kappa shape index (κ2) is 7.21. The van der Waals surface area contributed by atoms with Crippen LogP contribution in [-0.2, 0) is 17.8 Å². The number of para-hydroxylation sites is 1. The molecule has 3 aromatic rings. The zero-order valence-electron chi connectivity index (χ0n) is 14.1. The van der Waals surface area contributed by atoms with E-state index in [4.69, 9.17) is 4.74 Å². The normalized spacial score (nSPS) is 10.8. The van der Waals surface area contributed by atoms with Crippen molar-refractivity contribution in [3.8, 4) is 5.75 Å². The Morgan fingerprint density at radius 3 is 2.83 bits per heavy atom. The van der Waals surface area contributed by atoms with Gasteiger partial charge in [-0.25, -0.2) is 0 Å². The van der Waals surface area contributed by atoms with Gasteiger partial charge in [0.05, 0.1) is 7.11 Å². The number of methoxy groups -OCH3 is 1. The van der Waals surface area contributed by atoms with Crippen LogP contribution in [0, 0.1) is 6.92 Å². The molecule has 0 radical (unpaired) electrons. The number of nitrogens with one attached hydrogen (secondary N) is 2. The van der Waals surface area contributed by atoms with E-state index in [0.717, 1.165) is 28.1 Å². The molecule has 4 heteroatoms. The molecule has 0 bridgehead atoms. The van der Waals surface area contributed by atoms with E-state index in [0.29, 0.717) is 19.4 Å². The number of carbonyl (C=O) groups excluding carboxylic acids is 1. The van der Waals surface area contributed by atoms with Crippen LogP contribution in [0.1, 0.15) is 23.2 Å². The van der Waals surface area contributed by atoms with Crippen molar-refractivity contribution < 1.29 is 9.53 Å². The molecule has 24 heavy (non-hydrogen) atoms. The minimum absolute atomic E-state index is 0.0579. The van der Waals surface area contributed by atoms with Crippen LogP contribution >= 0.6 is 0 Å². The Balaban J connectivity index is 1.58. The van der Waals surface area contributed by atoms with E-state index in [1.807, 2.05) is 43.3 Å². The van der Waals surface area contributed by atoms with E-state index >= 15 is 0 Å². The fraction of sp³-hybridized carbons (Fsp3) is 0.250. The van der Waals surface area contributed by atoms with Crippen molar-refractivity contribution in [1.29, 1.82) is 0 Å². The number of rotatable bonds is 6. The second-order valence-electron chi connectivity index (χ2n) is 5.90. The van der Waals surface area contributed by atoms with Gasteiger partial charge in [0.1, 0.15) is 5.75 Å². The quantitative estimate of drug-likeness (QED) is 0.726. The lowest BCUT2D eigenvalue weighted by Gasteiger charge is -2.07. The van der Waals surface area contributed by atoms with Crippen LogP contribution in [0.4, 0.5) is 0 Å². The van der Waals surface area contributed by atoms with Crippen molar-refractivity contribution in [1.82, 2.24) is 10.3 Å².